The predicted octanol–water partition coefficient (Wildman–Crippen LogP) is 3.50. The zero-order chi connectivity index (χ0) is 15.7. The Morgan fingerprint density at radius 2 is 1.95 bits per heavy atom. The summed E-state index contributed by atoms with van der Waals surface area (Å²) in [5.41, 5.74) is 3.23. The minimum absolute atomic E-state index is 0.560. The molecule has 0 bridgehead atoms. The molecule has 0 fully saturated rings. The summed E-state index contributed by atoms with van der Waals surface area (Å²) in [6, 6.07) is 5.90. The fourth-order valence-corrected chi connectivity index (χ4v) is 2.60. The summed E-state index contributed by atoms with van der Waals surface area (Å²) < 4.78 is 2.09. The molecule has 22 heavy (non-hydrogen) atoms. The number of pyridine rings is 1. The molecule has 0 aromatic carbocycles. The Hall–Kier alpha value is -2.43. The van der Waals surface area contributed by atoms with E-state index in [9.17, 15) is 0 Å². The number of fused-ring (bicyclic) bond motifs is 1. The number of rotatable bonds is 4. The van der Waals surface area contributed by atoms with Gasteiger partial charge in [0.25, 0.3) is 0 Å². The molecule has 3 aromatic rings. The predicted molar refractivity (Wildman–Crippen MR) is 89.5 cm³/mol. The first kappa shape index (κ1) is 14.5. The maximum atomic E-state index is 4.50. The van der Waals surface area contributed by atoms with Crippen LogP contribution in [0.3, 0.4) is 0 Å². The summed E-state index contributed by atoms with van der Waals surface area (Å²) in [5, 5.41) is 4.51. The largest absolute Gasteiger partial charge is 0.369 e. The molecule has 114 valence electrons. The van der Waals surface area contributed by atoms with Crippen molar-refractivity contribution >= 4 is 16.9 Å². The van der Waals surface area contributed by atoms with E-state index in [0.29, 0.717) is 5.92 Å². The van der Waals surface area contributed by atoms with E-state index in [1.165, 1.54) is 5.56 Å². The molecule has 0 spiro atoms. The summed E-state index contributed by atoms with van der Waals surface area (Å²) in [4.78, 5) is 13.4. The quantitative estimate of drug-likeness (QED) is 0.800. The van der Waals surface area contributed by atoms with E-state index < -0.39 is 0 Å². The molecule has 3 rings (SSSR count). The van der Waals surface area contributed by atoms with Gasteiger partial charge in [0.05, 0.1) is 5.39 Å². The number of hydrogen-bond acceptors (Lipinski definition) is 4. The Morgan fingerprint density at radius 1 is 1.14 bits per heavy atom. The molecular formula is C17H21N5. The van der Waals surface area contributed by atoms with Gasteiger partial charge in [0.2, 0.25) is 0 Å². The minimum atomic E-state index is 0.560. The van der Waals surface area contributed by atoms with Crippen LogP contribution in [0.15, 0.2) is 30.7 Å². The fourth-order valence-electron chi connectivity index (χ4n) is 2.60. The molecule has 0 amide bonds. The van der Waals surface area contributed by atoms with Crippen LogP contribution in [-0.4, -0.2) is 26.1 Å². The third kappa shape index (κ3) is 2.43. The van der Waals surface area contributed by atoms with Gasteiger partial charge >= 0.3 is 0 Å². The maximum Gasteiger partial charge on any atom is 0.151 e. The standard InChI is InChI=1S/C17H21N5/c1-11(2)9-19-16-15-12(3)13(4)22(17(15)21-10-20-16)14-7-5-6-8-18-14/h5-8,10-11H,9H2,1-4H3,(H,19,20,21). The second-order valence-corrected chi connectivity index (χ2v) is 5.93. The van der Waals surface area contributed by atoms with Crippen LogP contribution in [0.1, 0.15) is 25.1 Å². The number of nitrogens with one attached hydrogen (secondary N) is 1. The smallest absolute Gasteiger partial charge is 0.151 e. The Labute approximate surface area is 130 Å². The lowest BCUT2D eigenvalue weighted by atomic mass is 10.2. The van der Waals surface area contributed by atoms with Crippen LogP contribution in [0, 0.1) is 19.8 Å². The van der Waals surface area contributed by atoms with Crippen LogP contribution < -0.4 is 5.32 Å². The van der Waals surface area contributed by atoms with E-state index in [2.05, 4.69) is 52.5 Å². The van der Waals surface area contributed by atoms with Crippen molar-refractivity contribution in [2.75, 3.05) is 11.9 Å². The Morgan fingerprint density at radius 3 is 2.64 bits per heavy atom. The summed E-state index contributed by atoms with van der Waals surface area (Å²) in [7, 11) is 0. The van der Waals surface area contributed by atoms with E-state index in [-0.39, 0.29) is 0 Å². The molecule has 0 aliphatic carbocycles. The number of hydrogen-bond donors (Lipinski definition) is 1. The van der Waals surface area contributed by atoms with Crippen molar-refractivity contribution in [3.05, 3.63) is 42.0 Å². The molecule has 0 atom stereocenters. The summed E-state index contributed by atoms with van der Waals surface area (Å²) in [6.45, 7) is 9.46. The molecule has 5 heteroatoms. The fraction of sp³-hybridized carbons (Fsp3) is 0.353. The minimum Gasteiger partial charge on any atom is -0.369 e. The molecule has 3 heterocycles. The van der Waals surface area contributed by atoms with Crippen LogP contribution in [-0.2, 0) is 0 Å². The normalized spacial score (nSPS) is 11.3. The molecular weight excluding hydrogens is 274 g/mol. The van der Waals surface area contributed by atoms with Crippen molar-refractivity contribution in [1.82, 2.24) is 19.5 Å². The highest BCUT2D eigenvalue weighted by Crippen LogP contribution is 2.30. The summed E-state index contributed by atoms with van der Waals surface area (Å²) in [6.07, 6.45) is 3.42. The summed E-state index contributed by atoms with van der Waals surface area (Å²) >= 11 is 0. The van der Waals surface area contributed by atoms with Gasteiger partial charge in [-0.3, -0.25) is 4.57 Å². The Kier molecular flexibility index (Phi) is 3.79. The van der Waals surface area contributed by atoms with Crippen molar-refractivity contribution in [3.8, 4) is 5.82 Å². The number of nitrogens with zero attached hydrogens (tertiary/aromatic N) is 4. The van der Waals surface area contributed by atoms with Gasteiger partial charge < -0.3 is 5.32 Å². The first-order chi connectivity index (χ1) is 10.6. The van der Waals surface area contributed by atoms with Gasteiger partial charge in [-0.2, -0.15) is 0 Å². The Balaban J connectivity index is 2.20. The van der Waals surface area contributed by atoms with Gasteiger partial charge in [-0.15, -0.1) is 0 Å². The SMILES string of the molecule is Cc1c(C)n(-c2ccccn2)c2ncnc(NCC(C)C)c12. The average Bonchev–Trinajstić information content (AvgIpc) is 2.78. The lowest BCUT2D eigenvalue weighted by Crippen LogP contribution is -2.10. The van der Waals surface area contributed by atoms with Gasteiger partial charge in [0.1, 0.15) is 18.0 Å². The molecule has 0 aliphatic rings. The molecule has 3 aromatic heterocycles. The molecule has 0 saturated carbocycles. The van der Waals surface area contributed by atoms with E-state index in [1.807, 2.05) is 18.2 Å². The van der Waals surface area contributed by atoms with E-state index >= 15 is 0 Å². The number of aryl methyl sites for hydroxylation is 1. The third-order valence-corrected chi connectivity index (χ3v) is 3.85. The van der Waals surface area contributed by atoms with Gasteiger partial charge in [-0.1, -0.05) is 19.9 Å². The molecule has 0 unspecified atom stereocenters. The van der Waals surface area contributed by atoms with Gasteiger partial charge in [0, 0.05) is 18.4 Å². The Bertz CT molecular complexity index is 790. The van der Waals surface area contributed by atoms with Gasteiger partial charge in [0.15, 0.2) is 5.65 Å². The monoisotopic (exact) mass is 295 g/mol. The summed E-state index contributed by atoms with van der Waals surface area (Å²) in [5.74, 6) is 2.34. The van der Waals surface area contributed by atoms with Crippen molar-refractivity contribution in [2.24, 2.45) is 5.92 Å². The highest BCUT2D eigenvalue weighted by molar-refractivity contribution is 5.92. The zero-order valence-electron chi connectivity index (χ0n) is 13.5. The second kappa shape index (κ2) is 5.75. The van der Waals surface area contributed by atoms with Crippen molar-refractivity contribution in [2.45, 2.75) is 27.7 Å². The van der Waals surface area contributed by atoms with Crippen LogP contribution >= 0.6 is 0 Å². The van der Waals surface area contributed by atoms with Crippen molar-refractivity contribution in [1.29, 1.82) is 0 Å². The molecule has 0 radical (unpaired) electrons. The van der Waals surface area contributed by atoms with Crippen LogP contribution in [0.2, 0.25) is 0 Å². The van der Waals surface area contributed by atoms with Crippen LogP contribution in [0.25, 0.3) is 16.9 Å². The zero-order valence-corrected chi connectivity index (χ0v) is 13.5. The highest BCUT2D eigenvalue weighted by Gasteiger charge is 2.17. The highest BCUT2D eigenvalue weighted by atomic mass is 15.1. The van der Waals surface area contributed by atoms with Crippen molar-refractivity contribution in [3.63, 3.8) is 0 Å². The maximum absolute atomic E-state index is 4.50. The van der Waals surface area contributed by atoms with E-state index in [4.69, 9.17) is 0 Å². The molecule has 5 nitrogen and oxygen atoms in total. The van der Waals surface area contributed by atoms with E-state index in [0.717, 1.165) is 34.9 Å². The van der Waals surface area contributed by atoms with E-state index in [1.54, 1.807) is 12.5 Å². The van der Waals surface area contributed by atoms with Crippen LogP contribution in [0.5, 0.6) is 0 Å². The molecule has 0 saturated heterocycles. The number of aromatic nitrogens is 4. The molecule has 1 N–H and O–H groups in total. The van der Waals surface area contributed by atoms with Gasteiger partial charge in [-0.05, 0) is 37.5 Å². The second-order valence-electron chi connectivity index (χ2n) is 5.93. The first-order valence-electron chi connectivity index (χ1n) is 7.57. The average molecular weight is 295 g/mol. The lowest BCUT2D eigenvalue weighted by Gasteiger charge is -2.09. The van der Waals surface area contributed by atoms with Crippen LogP contribution in [0.4, 0.5) is 5.82 Å². The molecule has 0 aliphatic heterocycles. The van der Waals surface area contributed by atoms with Gasteiger partial charge in [-0.25, -0.2) is 15.0 Å². The lowest BCUT2D eigenvalue weighted by molar-refractivity contribution is 0.687. The third-order valence-electron chi connectivity index (χ3n) is 3.85. The number of anilines is 1. The van der Waals surface area contributed by atoms with Crippen molar-refractivity contribution < 1.29 is 0 Å². The first-order valence-corrected chi connectivity index (χ1v) is 7.57. The topological polar surface area (TPSA) is 55.6 Å².